The predicted molar refractivity (Wildman–Crippen MR) is 134 cm³/mol. The fourth-order valence-corrected chi connectivity index (χ4v) is 5.06. The predicted octanol–water partition coefficient (Wildman–Crippen LogP) is 3.92. The highest BCUT2D eigenvalue weighted by Gasteiger charge is 2.33. The van der Waals surface area contributed by atoms with E-state index in [4.69, 9.17) is 5.10 Å². The Hall–Kier alpha value is -3.55. The molecule has 0 unspecified atom stereocenters. The Bertz CT molecular complexity index is 1200. The molecule has 2 amide bonds. The first-order valence-electron chi connectivity index (χ1n) is 12.7. The summed E-state index contributed by atoms with van der Waals surface area (Å²) in [6.45, 7) is 1.41. The second kappa shape index (κ2) is 10.6. The largest absolute Gasteiger partial charge is 0.342 e. The zero-order valence-electron chi connectivity index (χ0n) is 20.6. The van der Waals surface area contributed by atoms with Crippen molar-refractivity contribution in [2.45, 2.75) is 51.1 Å². The summed E-state index contributed by atoms with van der Waals surface area (Å²) in [5.41, 5.74) is 3.54. The molecule has 1 saturated carbocycles. The molecule has 3 aromatic rings. The Morgan fingerprint density at radius 2 is 1.72 bits per heavy atom. The normalized spacial score (nSPS) is 16.6. The molecule has 1 aromatic carbocycles. The maximum absolute atomic E-state index is 13.4. The molecule has 2 fully saturated rings. The lowest BCUT2D eigenvalue weighted by Gasteiger charge is -2.39. The van der Waals surface area contributed by atoms with Crippen LogP contribution < -0.4 is 0 Å². The summed E-state index contributed by atoms with van der Waals surface area (Å²) >= 11 is 0. The first-order chi connectivity index (χ1) is 17.5. The topological polar surface area (TPSA) is 71.3 Å². The molecule has 2 aliphatic rings. The van der Waals surface area contributed by atoms with Gasteiger partial charge in [0, 0.05) is 62.2 Å². The minimum absolute atomic E-state index is 0.0196. The van der Waals surface area contributed by atoms with Gasteiger partial charge in [0.05, 0.1) is 5.69 Å². The van der Waals surface area contributed by atoms with Crippen LogP contribution in [0, 0.1) is 11.7 Å². The van der Waals surface area contributed by atoms with Gasteiger partial charge in [0.25, 0.3) is 0 Å². The van der Waals surface area contributed by atoms with Gasteiger partial charge in [-0.25, -0.2) is 4.39 Å². The number of benzene rings is 1. The van der Waals surface area contributed by atoms with E-state index in [1.807, 2.05) is 35.0 Å². The van der Waals surface area contributed by atoms with Crippen molar-refractivity contribution < 1.29 is 14.0 Å². The van der Waals surface area contributed by atoms with Crippen LogP contribution in [0.2, 0.25) is 0 Å². The minimum Gasteiger partial charge on any atom is -0.342 e. The van der Waals surface area contributed by atoms with Gasteiger partial charge in [0.2, 0.25) is 11.8 Å². The van der Waals surface area contributed by atoms with Crippen LogP contribution in [0.5, 0.6) is 0 Å². The summed E-state index contributed by atoms with van der Waals surface area (Å²) in [4.78, 5) is 33.8. The number of carbonyl (C=O) groups excluding carboxylic acids is 2. The molecule has 3 heterocycles. The van der Waals surface area contributed by atoms with Crippen LogP contribution in [-0.4, -0.2) is 62.6 Å². The number of amides is 2. The summed E-state index contributed by atoms with van der Waals surface area (Å²) in [7, 11) is 1.91. The molecule has 8 heteroatoms. The molecule has 7 nitrogen and oxygen atoms in total. The Labute approximate surface area is 210 Å². The number of likely N-dealkylation sites (tertiary alicyclic amines) is 1. The Morgan fingerprint density at radius 1 is 1.03 bits per heavy atom. The van der Waals surface area contributed by atoms with Gasteiger partial charge in [-0.1, -0.05) is 18.6 Å². The number of carbonyl (C=O) groups is 2. The average molecular weight is 490 g/mol. The molecule has 188 valence electrons. The third-order valence-electron chi connectivity index (χ3n) is 7.59. The van der Waals surface area contributed by atoms with E-state index in [-0.39, 0.29) is 36.1 Å². The van der Waals surface area contributed by atoms with Crippen molar-refractivity contribution in [1.29, 1.82) is 0 Å². The highest BCUT2D eigenvalue weighted by Crippen LogP contribution is 2.30. The second-order valence-electron chi connectivity index (χ2n) is 9.91. The Kier molecular flexibility index (Phi) is 7.11. The van der Waals surface area contributed by atoms with Crippen molar-refractivity contribution in [3.63, 3.8) is 0 Å². The smallest absolute Gasteiger partial charge is 0.244 e. The molecule has 0 N–H and O–H groups in total. The number of nitrogens with zero attached hydrogens (tertiary/aromatic N) is 5. The van der Waals surface area contributed by atoms with E-state index >= 15 is 0 Å². The van der Waals surface area contributed by atoms with E-state index in [1.54, 1.807) is 29.2 Å². The Morgan fingerprint density at radius 3 is 2.36 bits per heavy atom. The van der Waals surface area contributed by atoms with Gasteiger partial charge < -0.3 is 9.80 Å². The van der Waals surface area contributed by atoms with Gasteiger partial charge >= 0.3 is 0 Å². The third-order valence-corrected chi connectivity index (χ3v) is 7.59. The standard InChI is InChI=1S/C28H32FN5O2/c1-32(28(36)22-3-2-4-22)24-11-15-33(16-12-24)27(35)19-34-25(17-20-5-7-23(29)8-6-20)18-26(31-34)21-9-13-30-14-10-21/h5-10,13-14,18,22,24H,2-4,11-12,15-17,19H2,1H3. The molecule has 0 bridgehead atoms. The molecule has 2 aromatic heterocycles. The zero-order valence-corrected chi connectivity index (χ0v) is 20.6. The van der Waals surface area contributed by atoms with Crippen LogP contribution in [0.4, 0.5) is 4.39 Å². The van der Waals surface area contributed by atoms with E-state index < -0.39 is 0 Å². The first-order valence-corrected chi connectivity index (χ1v) is 12.7. The van der Waals surface area contributed by atoms with E-state index in [1.165, 1.54) is 12.1 Å². The Balaban J connectivity index is 1.27. The summed E-state index contributed by atoms with van der Waals surface area (Å²) in [6, 6.07) is 12.4. The number of hydrogen-bond donors (Lipinski definition) is 0. The molecule has 0 radical (unpaired) electrons. The van der Waals surface area contributed by atoms with E-state index in [2.05, 4.69) is 4.98 Å². The molecule has 0 spiro atoms. The van der Waals surface area contributed by atoms with Gasteiger partial charge in [0.1, 0.15) is 12.4 Å². The summed E-state index contributed by atoms with van der Waals surface area (Å²) in [5, 5.41) is 4.75. The zero-order chi connectivity index (χ0) is 25.1. The summed E-state index contributed by atoms with van der Waals surface area (Å²) in [5.74, 6) is 0.203. The SMILES string of the molecule is CN(C(=O)C1CCC1)C1CCN(C(=O)Cn2nc(-c3ccncc3)cc2Cc2ccc(F)cc2)CC1. The van der Waals surface area contributed by atoms with Gasteiger partial charge in [-0.05, 0) is 61.6 Å². The number of aromatic nitrogens is 3. The van der Waals surface area contributed by atoms with Crippen LogP contribution in [0.1, 0.15) is 43.4 Å². The molecular weight excluding hydrogens is 457 g/mol. The molecule has 36 heavy (non-hydrogen) atoms. The summed E-state index contributed by atoms with van der Waals surface area (Å²) in [6.07, 6.45) is 8.73. The number of rotatable bonds is 7. The van der Waals surface area contributed by atoms with Gasteiger partial charge in [-0.2, -0.15) is 5.10 Å². The third kappa shape index (κ3) is 5.32. The lowest BCUT2D eigenvalue weighted by Crippen LogP contribution is -2.49. The highest BCUT2D eigenvalue weighted by molar-refractivity contribution is 5.80. The number of hydrogen-bond acceptors (Lipinski definition) is 4. The molecule has 0 atom stereocenters. The molecule has 5 rings (SSSR count). The van der Waals surface area contributed by atoms with Crippen LogP contribution in [0.15, 0.2) is 54.9 Å². The van der Waals surface area contributed by atoms with Crippen molar-refractivity contribution in [3.05, 3.63) is 71.9 Å². The van der Waals surface area contributed by atoms with E-state index in [9.17, 15) is 14.0 Å². The fraction of sp³-hybridized carbons (Fsp3) is 0.429. The van der Waals surface area contributed by atoms with Crippen molar-refractivity contribution in [3.8, 4) is 11.3 Å². The maximum Gasteiger partial charge on any atom is 0.244 e. The van der Waals surface area contributed by atoms with Crippen LogP contribution >= 0.6 is 0 Å². The quantitative estimate of drug-likeness (QED) is 0.504. The lowest BCUT2D eigenvalue weighted by molar-refractivity contribution is -0.140. The lowest BCUT2D eigenvalue weighted by atomic mass is 9.84. The van der Waals surface area contributed by atoms with Crippen LogP contribution in [0.3, 0.4) is 0 Å². The fourth-order valence-electron chi connectivity index (χ4n) is 5.06. The van der Waals surface area contributed by atoms with Gasteiger partial charge in [-0.15, -0.1) is 0 Å². The van der Waals surface area contributed by atoms with Crippen molar-refractivity contribution in [2.24, 2.45) is 5.92 Å². The second-order valence-corrected chi connectivity index (χ2v) is 9.91. The number of piperidine rings is 1. The van der Waals surface area contributed by atoms with E-state index in [0.717, 1.165) is 54.6 Å². The van der Waals surface area contributed by atoms with Crippen molar-refractivity contribution >= 4 is 11.8 Å². The molecular formula is C28H32FN5O2. The van der Waals surface area contributed by atoms with Gasteiger partial charge in [0.15, 0.2) is 0 Å². The average Bonchev–Trinajstić information content (AvgIpc) is 3.26. The number of halogens is 1. The van der Waals surface area contributed by atoms with E-state index in [0.29, 0.717) is 19.5 Å². The van der Waals surface area contributed by atoms with Crippen LogP contribution in [-0.2, 0) is 22.6 Å². The molecule has 1 saturated heterocycles. The maximum atomic E-state index is 13.4. The van der Waals surface area contributed by atoms with Crippen molar-refractivity contribution in [1.82, 2.24) is 24.6 Å². The molecule has 1 aliphatic heterocycles. The van der Waals surface area contributed by atoms with Crippen molar-refractivity contribution in [2.75, 3.05) is 20.1 Å². The van der Waals surface area contributed by atoms with Gasteiger partial charge in [-0.3, -0.25) is 19.3 Å². The number of pyridine rings is 1. The minimum atomic E-state index is -0.275. The van der Waals surface area contributed by atoms with Crippen LogP contribution in [0.25, 0.3) is 11.3 Å². The molecule has 1 aliphatic carbocycles. The monoisotopic (exact) mass is 489 g/mol. The first kappa shape index (κ1) is 24.2. The highest BCUT2D eigenvalue weighted by atomic mass is 19.1. The summed E-state index contributed by atoms with van der Waals surface area (Å²) < 4.78 is 15.2.